The summed E-state index contributed by atoms with van der Waals surface area (Å²) in [5.74, 6) is 0. The van der Waals surface area contributed by atoms with Crippen molar-refractivity contribution < 1.29 is 8.78 Å². The van der Waals surface area contributed by atoms with Crippen LogP contribution < -0.4 is 10.6 Å². The normalized spacial score (nSPS) is 15.0. The van der Waals surface area contributed by atoms with Gasteiger partial charge in [-0.1, -0.05) is 0 Å². The van der Waals surface area contributed by atoms with Crippen LogP contribution in [-0.2, 0) is 0 Å². The Balaban J connectivity index is 3.46. The van der Waals surface area contributed by atoms with E-state index in [1.165, 1.54) is 0 Å². The van der Waals surface area contributed by atoms with Gasteiger partial charge >= 0.3 is 0 Å². The number of nitrogens with one attached hydrogen (secondary N) is 2. The highest BCUT2D eigenvalue weighted by Crippen LogP contribution is 1.98. The van der Waals surface area contributed by atoms with Crippen LogP contribution in [0.15, 0.2) is 0 Å². The summed E-state index contributed by atoms with van der Waals surface area (Å²) >= 11 is 0. The molecule has 0 aromatic rings. The Hall–Kier alpha value is -0.220. The van der Waals surface area contributed by atoms with Crippen LogP contribution in [0.4, 0.5) is 8.78 Å². The van der Waals surface area contributed by atoms with Crippen molar-refractivity contribution in [1.29, 1.82) is 0 Å². The number of alkyl halides is 2. The molecule has 80 valence electrons. The molecule has 13 heavy (non-hydrogen) atoms. The van der Waals surface area contributed by atoms with Crippen LogP contribution in [0.25, 0.3) is 0 Å². The highest BCUT2D eigenvalue weighted by Gasteiger charge is 2.11. The lowest BCUT2D eigenvalue weighted by atomic mass is 10.1. The first kappa shape index (κ1) is 12.8. The molecule has 0 spiro atoms. The van der Waals surface area contributed by atoms with Crippen LogP contribution in [0.1, 0.15) is 27.7 Å². The van der Waals surface area contributed by atoms with Gasteiger partial charge in [0.25, 0.3) is 6.43 Å². The summed E-state index contributed by atoms with van der Waals surface area (Å²) in [6.45, 7) is 8.51. The molecule has 0 saturated heterocycles. The minimum atomic E-state index is -2.27. The van der Waals surface area contributed by atoms with Gasteiger partial charge in [-0.25, -0.2) is 8.78 Å². The molecule has 1 atom stereocenters. The third-order valence-corrected chi connectivity index (χ3v) is 1.56. The quantitative estimate of drug-likeness (QED) is 0.695. The molecule has 0 heterocycles. The maximum Gasteiger partial charge on any atom is 0.250 e. The molecule has 2 nitrogen and oxygen atoms in total. The Morgan fingerprint density at radius 1 is 1.15 bits per heavy atom. The van der Waals surface area contributed by atoms with Gasteiger partial charge in [0, 0.05) is 18.1 Å². The lowest BCUT2D eigenvalue weighted by Gasteiger charge is -2.23. The number of halogens is 2. The minimum Gasteiger partial charge on any atom is -0.311 e. The molecule has 0 fully saturated rings. The molecule has 0 aromatic heterocycles. The molecule has 0 amide bonds. The smallest absolute Gasteiger partial charge is 0.250 e. The number of hydrogen-bond acceptors (Lipinski definition) is 2. The Kier molecular flexibility index (Phi) is 5.40. The van der Waals surface area contributed by atoms with Crippen LogP contribution in [0.2, 0.25) is 0 Å². The van der Waals surface area contributed by atoms with E-state index in [1.807, 2.05) is 27.7 Å². The average molecular weight is 194 g/mol. The number of hydrogen-bond donors (Lipinski definition) is 2. The van der Waals surface area contributed by atoms with Crippen molar-refractivity contribution in [1.82, 2.24) is 10.6 Å². The second-order valence-electron chi connectivity index (χ2n) is 4.33. The second-order valence-corrected chi connectivity index (χ2v) is 4.33. The van der Waals surface area contributed by atoms with Crippen molar-refractivity contribution >= 4 is 0 Å². The largest absolute Gasteiger partial charge is 0.311 e. The second kappa shape index (κ2) is 5.50. The van der Waals surface area contributed by atoms with Crippen molar-refractivity contribution in [3.05, 3.63) is 0 Å². The summed E-state index contributed by atoms with van der Waals surface area (Å²) in [6, 6.07) is 0.0771. The first-order valence-electron chi connectivity index (χ1n) is 4.58. The molecular formula is C9H20F2N2. The zero-order chi connectivity index (χ0) is 10.5. The van der Waals surface area contributed by atoms with Crippen molar-refractivity contribution in [3.8, 4) is 0 Å². The third kappa shape index (κ3) is 9.70. The Morgan fingerprint density at radius 2 is 1.69 bits per heavy atom. The van der Waals surface area contributed by atoms with Gasteiger partial charge in [0.1, 0.15) is 0 Å². The van der Waals surface area contributed by atoms with E-state index in [1.54, 1.807) is 0 Å². The summed E-state index contributed by atoms with van der Waals surface area (Å²) in [5.41, 5.74) is 0.0424. The predicted octanol–water partition coefficient (Wildman–Crippen LogP) is 1.62. The van der Waals surface area contributed by atoms with Crippen molar-refractivity contribution in [2.75, 3.05) is 13.1 Å². The van der Waals surface area contributed by atoms with Gasteiger partial charge in [0.15, 0.2) is 0 Å². The minimum absolute atomic E-state index is 0.0424. The molecule has 0 aliphatic heterocycles. The van der Waals surface area contributed by atoms with E-state index in [-0.39, 0.29) is 18.1 Å². The lowest BCUT2D eigenvalue weighted by Crippen LogP contribution is -2.45. The molecule has 0 aromatic carbocycles. The van der Waals surface area contributed by atoms with E-state index >= 15 is 0 Å². The summed E-state index contributed by atoms with van der Waals surface area (Å²) in [7, 11) is 0. The van der Waals surface area contributed by atoms with E-state index < -0.39 is 6.43 Å². The maximum atomic E-state index is 11.8. The van der Waals surface area contributed by atoms with Crippen molar-refractivity contribution in [2.45, 2.75) is 45.7 Å². The highest BCUT2D eigenvalue weighted by molar-refractivity contribution is 4.74. The first-order valence-corrected chi connectivity index (χ1v) is 4.58. The predicted molar refractivity (Wildman–Crippen MR) is 51.2 cm³/mol. The molecule has 0 aliphatic carbocycles. The molecule has 4 heteroatoms. The van der Waals surface area contributed by atoms with Crippen molar-refractivity contribution in [2.24, 2.45) is 0 Å². The zero-order valence-electron chi connectivity index (χ0n) is 8.82. The van der Waals surface area contributed by atoms with Crippen LogP contribution in [0.3, 0.4) is 0 Å². The van der Waals surface area contributed by atoms with E-state index in [2.05, 4.69) is 10.6 Å². The first-order chi connectivity index (χ1) is 5.81. The zero-order valence-corrected chi connectivity index (χ0v) is 8.82. The van der Waals surface area contributed by atoms with Crippen molar-refractivity contribution in [3.63, 3.8) is 0 Å². The molecular weight excluding hydrogens is 174 g/mol. The molecule has 0 radical (unpaired) electrons. The molecule has 0 bridgehead atoms. The lowest BCUT2D eigenvalue weighted by molar-refractivity contribution is 0.141. The van der Waals surface area contributed by atoms with E-state index in [9.17, 15) is 8.78 Å². The maximum absolute atomic E-state index is 11.8. The van der Waals surface area contributed by atoms with Crippen LogP contribution in [0.5, 0.6) is 0 Å². The molecule has 0 aliphatic rings. The van der Waals surface area contributed by atoms with Gasteiger partial charge < -0.3 is 10.6 Å². The monoisotopic (exact) mass is 194 g/mol. The standard InChI is InChI=1S/C9H20F2N2/c1-7(12-6-8(10)11)5-13-9(2,3)4/h7-8,12-13H,5-6H2,1-4H3. The molecule has 0 saturated carbocycles. The highest BCUT2D eigenvalue weighted by atomic mass is 19.3. The summed E-state index contributed by atoms with van der Waals surface area (Å²) < 4.78 is 23.6. The molecule has 1 unspecified atom stereocenters. The van der Waals surface area contributed by atoms with Gasteiger partial charge in [-0.3, -0.25) is 0 Å². The fourth-order valence-electron chi connectivity index (χ4n) is 0.822. The Labute approximate surface area is 79.1 Å². The summed E-state index contributed by atoms with van der Waals surface area (Å²) in [5, 5.41) is 5.98. The Morgan fingerprint density at radius 3 is 2.08 bits per heavy atom. The summed E-state index contributed by atoms with van der Waals surface area (Å²) in [4.78, 5) is 0. The third-order valence-electron chi connectivity index (χ3n) is 1.56. The fraction of sp³-hybridized carbons (Fsp3) is 1.00. The van der Waals surface area contributed by atoms with Crippen LogP contribution >= 0.6 is 0 Å². The van der Waals surface area contributed by atoms with E-state index in [4.69, 9.17) is 0 Å². The number of rotatable bonds is 5. The van der Waals surface area contributed by atoms with E-state index in [0.29, 0.717) is 6.54 Å². The van der Waals surface area contributed by atoms with Gasteiger partial charge in [0.2, 0.25) is 0 Å². The van der Waals surface area contributed by atoms with Crippen LogP contribution in [-0.4, -0.2) is 31.1 Å². The van der Waals surface area contributed by atoms with Crippen LogP contribution in [0, 0.1) is 0 Å². The summed E-state index contributed by atoms with van der Waals surface area (Å²) in [6.07, 6.45) is -2.27. The van der Waals surface area contributed by atoms with Gasteiger partial charge in [-0.05, 0) is 27.7 Å². The van der Waals surface area contributed by atoms with E-state index in [0.717, 1.165) is 0 Å². The van der Waals surface area contributed by atoms with Gasteiger partial charge in [-0.15, -0.1) is 0 Å². The topological polar surface area (TPSA) is 24.1 Å². The average Bonchev–Trinajstić information content (AvgIpc) is 1.95. The Bertz CT molecular complexity index is 132. The van der Waals surface area contributed by atoms with Gasteiger partial charge in [-0.2, -0.15) is 0 Å². The molecule has 0 rings (SSSR count). The molecule has 2 N–H and O–H groups in total. The SMILES string of the molecule is CC(CNC(C)(C)C)NCC(F)F. The fourth-order valence-corrected chi connectivity index (χ4v) is 0.822. The van der Waals surface area contributed by atoms with Gasteiger partial charge in [0.05, 0.1) is 6.54 Å².